The third-order valence-electron chi connectivity index (χ3n) is 2.69. The predicted octanol–water partition coefficient (Wildman–Crippen LogP) is 1.62. The van der Waals surface area contributed by atoms with Gasteiger partial charge in [0.25, 0.3) is 5.91 Å². The van der Waals surface area contributed by atoms with Crippen molar-refractivity contribution in [3.05, 3.63) is 41.4 Å². The molecule has 0 bridgehead atoms. The third-order valence-corrected chi connectivity index (χ3v) is 3.30. The van der Waals surface area contributed by atoms with Crippen LogP contribution in [0.25, 0.3) is 10.9 Å². The van der Waals surface area contributed by atoms with Crippen molar-refractivity contribution in [1.29, 1.82) is 0 Å². The van der Waals surface area contributed by atoms with E-state index in [1.165, 1.54) is 11.3 Å². The van der Waals surface area contributed by atoms with Gasteiger partial charge in [0, 0.05) is 5.39 Å². The lowest BCUT2D eigenvalue weighted by Crippen LogP contribution is -2.15. The molecule has 0 saturated heterocycles. The van der Waals surface area contributed by atoms with Gasteiger partial charge >= 0.3 is 0 Å². The van der Waals surface area contributed by atoms with E-state index in [9.17, 15) is 4.79 Å². The van der Waals surface area contributed by atoms with Gasteiger partial charge < -0.3 is 5.43 Å². The summed E-state index contributed by atoms with van der Waals surface area (Å²) in [5.74, 6) is 5.52. The molecule has 0 saturated carbocycles. The van der Waals surface area contributed by atoms with Crippen molar-refractivity contribution >= 4 is 39.1 Å². The van der Waals surface area contributed by atoms with Crippen molar-refractivity contribution in [2.45, 2.75) is 0 Å². The molecule has 7 nitrogen and oxygen atoms in total. The number of pyridine rings is 1. The van der Waals surface area contributed by atoms with Gasteiger partial charge in [0.2, 0.25) is 5.13 Å². The standard InChI is InChI=1S/C12H10N6OS/c13-17-10-5-8(7-3-1-2-4-9(7)15-10)11(19)16-12-18-14-6-20-12/h1-6H,13H2,(H,15,17)(H,16,18,19). The molecule has 0 aliphatic rings. The fraction of sp³-hybridized carbons (Fsp3) is 0. The zero-order valence-electron chi connectivity index (χ0n) is 10.2. The molecule has 0 fully saturated rings. The lowest BCUT2D eigenvalue weighted by Gasteiger charge is -2.08. The molecule has 0 atom stereocenters. The van der Waals surface area contributed by atoms with E-state index in [0.717, 1.165) is 5.39 Å². The van der Waals surface area contributed by atoms with E-state index in [1.807, 2.05) is 24.3 Å². The van der Waals surface area contributed by atoms with Gasteiger partial charge in [-0.25, -0.2) is 10.8 Å². The summed E-state index contributed by atoms with van der Waals surface area (Å²) < 4.78 is 0. The van der Waals surface area contributed by atoms with Crippen molar-refractivity contribution in [1.82, 2.24) is 15.2 Å². The minimum Gasteiger partial charge on any atom is -0.308 e. The molecule has 3 rings (SSSR count). The Morgan fingerprint density at radius 2 is 2.15 bits per heavy atom. The molecular formula is C12H10N6OS. The molecule has 2 heterocycles. The minimum atomic E-state index is -0.281. The Morgan fingerprint density at radius 3 is 2.90 bits per heavy atom. The maximum absolute atomic E-state index is 12.3. The maximum Gasteiger partial charge on any atom is 0.258 e. The second-order valence-electron chi connectivity index (χ2n) is 3.91. The summed E-state index contributed by atoms with van der Waals surface area (Å²) >= 11 is 1.25. The fourth-order valence-corrected chi connectivity index (χ4v) is 2.27. The number of amides is 1. The molecule has 0 aliphatic carbocycles. The first-order valence-electron chi connectivity index (χ1n) is 5.72. The normalized spacial score (nSPS) is 10.4. The average Bonchev–Trinajstić information content (AvgIpc) is 2.98. The van der Waals surface area contributed by atoms with Crippen molar-refractivity contribution in [3.63, 3.8) is 0 Å². The summed E-state index contributed by atoms with van der Waals surface area (Å²) in [6.45, 7) is 0. The number of fused-ring (bicyclic) bond motifs is 1. The van der Waals surface area contributed by atoms with Gasteiger partial charge in [-0.05, 0) is 12.1 Å². The van der Waals surface area contributed by atoms with Crippen LogP contribution < -0.4 is 16.6 Å². The summed E-state index contributed by atoms with van der Waals surface area (Å²) in [6, 6.07) is 8.94. The number of carbonyl (C=O) groups excluding carboxylic acids is 1. The summed E-state index contributed by atoms with van der Waals surface area (Å²) in [4.78, 5) is 16.6. The molecule has 0 aliphatic heterocycles. The van der Waals surface area contributed by atoms with Crippen molar-refractivity contribution < 1.29 is 4.79 Å². The molecule has 8 heteroatoms. The lowest BCUT2D eigenvalue weighted by atomic mass is 10.1. The van der Waals surface area contributed by atoms with Crippen LogP contribution in [0.4, 0.5) is 10.9 Å². The highest BCUT2D eigenvalue weighted by molar-refractivity contribution is 7.13. The van der Waals surface area contributed by atoms with Crippen LogP contribution in [0.3, 0.4) is 0 Å². The second kappa shape index (κ2) is 5.19. The van der Waals surface area contributed by atoms with Gasteiger partial charge in [0.05, 0.1) is 11.1 Å². The highest BCUT2D eigenvalue weighted by Gasteiger charge is 2.14. The Labute approximate surface area is 117 Å². The van der Waals surface area contributed by atoms with Crippen LogP contribution >= 0.6 is 11.3 Å². The molecule has 20 heavy (non-hydrogen) atoms. The minimum absolute atomic E-state index is 0.281. The van der Waals surface area contributed by atoms with Crippen LogP contribution in [-0.4, -0.2) is 21.1 Å². The first kappa shape index (κ1) is 12.5. The zero-order chi connectivity index (χ0) is 13.9. The van der Waals surface area contributed by atoms with Crippen molar-refractivity contribution in [3.8, 4) is 0 Å². The Bertz CT molecular complexity index is 758. The molecule has 2 aromatic heterocycles. The Kier molecular flexibility index (Phi) is 3.23. The number of nitrogens with zero attached hydrogens (tertiary/aromatic N) is 3. The average molecular weight is 286 g/mol. The summed E-state index contributed by atoms with van der Waals surface area (Å²) in [5, 5.41) is 11.3. The number of carbonyl (C=O) groups is 1. The molecular weight excluding hydrogens is 276 g/mol. The van der Waals surface area contributed by atoms with E-state index in [-0.39, 0.29) is 5.91 Å². The number of hydrogen-bond acceptors (Lipinski definition) is 7. The van der Waals surface area contributed by atoms with Crippen LogP contribution in [0.5, 0.6) is 0 Å². The molecule has 0 spiro atoms. The van der Waals surface area contributed by atoms with Crippen molar-refractivity contribution in [2.75, 3.05) is 10.7 Å². The monoisotopic (exact) mass is 286 g/mol. The van der Waals surface area contributed by atoms with Crippen LogP contribution in [0.1, 0.15) is 10.4 Å². The number of nitrogens with two attached hydrogens (primary N) is 1. The van der Waals surface area contributed by atoms with Gasteiger partial charge in [-0.2, -0.15) is 0 Å². The first-order chi connectivity index (χ1) is 9.78. The maximum atomic E-state index is 12.3. The number of nitrogens with one attached hydrogen (secondary N) is 2. The molecule has 1 aromatic carbocycles. The Balaban J connectivity index is 2.07. The number of nitrogen functional groups attached to an aromatic ring is 1. The number of anilines is 2. The summed E-state index contributed by atoms with van der Waals surface area (Å²) in [7, 11) is 0. The third kappa shape index (κ3) is 2.29. The number of hydrogen-bond donors (Lipinski definition) is 3. The quantitative estimate of drug-likeness (QED) is 0.499. The smallest absolute Gasteiger partial charge is 0.258 e. The van der Waals surface area contributed by atoms with E-state index < -0.39 is 0 Å². The fourth-order valence-electron chi connectivity index (χ4n) is 1.83. The molecule has 3 aromatic rings. The Morgan fingerprint density at radius 1 is 1.30 bits per heavy atom. The van der Waals surface area contributed by atoms with E-state index in [4.69, 9.17) is 5.84 Å². The number of rotatable bonds is 3. The van der Waals surface area contributed by atoms with Crippen LogP contribution in [-0.2, 0) is 0 Å². The lowest BCUT2D eigenvalue weighted by molar-refractivity contribution is 0.102. The summed E-state index contributed by atoms with van der Waals surface area (Å²) in [5.41, 5.74) is 5.16. The number of para-hydroxylation sites is 1. The van der Waals surface area contributed by atoms with E-state index in [2.05, 4.69) is 25.9 Å². The SMILES string of the molecule is NNc1cc(C(=O)Nc2nncs2)c2ccccc2n1. The molecule has 100 valence electrons. The summed E-state index contributed by atoms with van der Waals surface area (Å²) in [6.07, 6.45) is 0. The highest BCUT2D eigenvalue weighted by Crippen LogP contribution is 2.21. The van der Waals surface area contributed by atoms with Crippen LogP contribution in [0.2, 0.25) is 0 Å². The first-order valence-corrected chi connectivity index (χ1v) is 6.60. The van der Waals surface area contributed by atoms with Gasteiger partial charge in [-0.15, -0.1) is 10.2 Å². The van der Waals surface area contributed by atoms with Crippen molar-refractivity contribution in [2.24, 2.45) is 5.84 Å². The zero-order valence-corrected chi connectivity index (χ0v) is 11.0. The van der Waals surface area contributed by atoms with Gasteiger partial charge in [-0.3, -0.25) is 10.1 Å². The largest absolute Gasteiger partial charge is 0.308 e. The van der Waals surface area contributed by atoms with E-state index >= 15 is 0 Å². The van der Waals surface area contributed by atoms with Gasteiger partial charge in [0.15, 0.2) is 0 Å². The van der Waals surface area contributed by atoms with Crippen LogP contribution in [0, 0.1) is 0 Å². The topological polar surface area (TPSA) is 106 Å². The van der Waals surface area contributed by atoms with Gasteiger partial charge in [0.1, 0.15) is 11.3 Å². The van der Waals surface area contributed by atoms with E-state index in [0.29, 0.717) is 22.0 Å². The van der Waals surface area contributed by atoms with Gasteiger partial charge in [-0.1, -0.05) is 29.5 Å². The number of hydrazine groups is 1. The predicted molar refractivity (Wildman–Crippen MR) is 77.4 cm³/mol. The molecule has 1 amide bonds. The second-order valence-corrected chi connectivity index (χ2v) is 4.75. The number of benzene rings is 1. The highest BCUT2D eigenvalue weighted by atomic mass is 32.1. The number of aromatic nitrogens is 3. The Hall–Kier alpha value is -2.58. The van der Waals surface area contributed by atoms with Crippen LogP contribution in [0.15, 0.2) is 35.8 Å². The molecule has 0 radical (unpaired) electrons. The molecule has 4 N–H and O–H groups in total. The molecule has 0 unspecified atom stereocenters. The van der Waals surface area contributed by atoms with E-state index in [1.54, 1.807) is 11.6 Å².